The maximum Gasteiger partial charge on any atom is 0.0483 e. The van der Waals surface area contributed by atoms with Crippen LogP contribution >= 0.6 is 0 Å². The number of carboxylic acids is 2. The van der Waals surface area contributed by atoms with E-state index in [1.807, 2.05) is 0 Å². The Bertz CT molecular complexity index is 211. The first-order valence-electron chi connectivity index (χ1n) is 3.27. The van der Waals surface area contributed by atoms with E-state index < -0.39 is 22.8 Å². The lowest BCUT2D eigenvalue weighted by Gasteiger charge is -2.20. The maximum absolute atomic E-state index is 10.4. The molecule has 0 amide bonds. The first-order valence-corrected chi connectivity index (χ1v) is 3.27. The fourth-order valence-electron chi connectivity index (χ4n) is 1.26. The third-order valence-electron chi connectivity index (χ3n) is 2.70. The van der Waals surface area contributed by atoms with Gasteiger partial charge in [-0.2, -0.15) is 0 Å². The van der Waals surface area contributed by atoms with Gasteiger partial charge in [-0.3, -0.25) is 0 Å². The van der Waals surface area contributed by atoms with Gasteiger partial charge in [-0.15, -0.1) is 0 Å². The molecule has 1 saturated carbocycles. The number of carbonyl (C=O) groups excluding carboxylic acids is 2. The van der Waals surface area contributed by atoms with Crippen molar-refractivity contribution in [1.29, 1.82) is 0 Å². The van der Waals surface area contributed by atoms with Gasteiger partial charge < -0.3 is 19.8 Å². The summed E-state index contributed by atoms with van der Waals surface area (Å²) >= 11 is 0. The molecule has 0 spiro atoms. The molecule has 0 heterocycles. The number of rotatable bonds is 2. The molecule has 0 aromatic heterocycles. The van der Waals surface area contributed by atoms with Gasteiger partial charge in [-0.25, -0.2) is 0 Å². The molecule has 4 nitrogen and oxygen atoms in total. The number of carboxylic acid groups (broad SMARTS) is 2. The monoisotopic (exact) mass is 156 g/mol. The van der Waals surface area contributed by atoms with Crippen LogP contribution in [0.4, 0.5) is 0 Å². The van der Waals surface area contributed by atoms with E-state index in [0.717, 1.165) is 0 Å². The molecule has 0 bridgehead atoms. The lowest BCUT2D eigenvalue weighted by atomic mass is 9.97. The topological polar surface area (TPSA) is 80.3 Å². The quantitative estimate of drug-likeness (QED) is 0.458. The van der Waals surface area contributed by atoms with Crippen LogP contribution in [-0.2, 0) is 9.59 Å². The third-order valence-corrected chi connectivity index (χ3v) is 2.70. The van der Waals surface area contributed by atoms with Crippen molar-refractivity contribution in [2.75, 3.05) is 0 Å². The summed E-state index contributed by atoms with van der Waals surface area (Å²) in [5.74, 6) is -2.63. The highest BCUT2D eigenvalue weighted by atomic mass is 16.4. The summed E-state index contributed by atoms with van der Waals surface area (Å²) in [7, 11) is 0. The predicted molar refractivity (Wildman–Crippen MR) is 30.8 cm³/mol. The van der Waals surface area contributed by atoms with Crippen LogP contribution in [0.25, 0.3) is 0 Å². The predicted octanol–water partition coefficient (Wildman–Crippen LogP) is -2.10. The van der Waals surface area contributed by atoms with Gasteiger partial charge >= 0.3 is 0 Å². The van der Waals surface area contributed by atoms with Crippen molar-refractivity contribution in [3.05, 3.63) is 0 Å². The Morgan fingerprint density at radius 1 is 1.09 bits per heavy atom. The molecule has 0 unspecified atom stereocenters. The van der Waals surface area contributed by atoms with E-state index in [-0.39, 0.29) is 6.42 Å². The Morgan fingerprint density at radius 3 is 1.45 bits per heavy atom. The molecule has 0 aromatic rings. The first-order chi connectivity index (χ1) is 4.84. The molecule has 4 heteroatoms. The SMILES string of the molecule is C[C@@]1(C(=O)[O-])C[C@@]1(C)C(=O)[O-]. The Labute approximate surface area is 63.8 Å². The third kappa shape index (κ3) is 0.751. The van der Waals surface area contributed by atoms with Crippen molar-refractivity contribution in [3.63, 3.8) is 0 Å². The highest BCUT2D eigenvalue weighted by Gasteiger charge is 2.63. The van der Waals surface area contributed by atoms with Gasteiger partial charge in [0.2, 0.25) is 0 Å². The van der Waals surface area contributed by atoms with E-state index in [1.54, 1.807) is 0 Å². The zero-order chi connectivity index (χ0) is 8.86. The van der Waals surface area contributed by atoms with E-state index in [2.05, 4.69) is 0 Å². The molecule has 1 aliphatic carbocycles. The van der Waals surface area contributed by atoms with Crippen LogP contribution in [0.2, 0.25) is 0 Å². The minimum atomic E-state index is -1.32. The van der Waals surface area contributed by atoms with E-state index in [0.29, 0.717) is 0 Å². The van der Waals surface area contributed by atoms with Crippen LogP contribution in [0, 0.1) is 10.8 Å². The van der Waals surface area contributed by atoms with Crippen LogP contribution in [-0.4, -0.2) is 11.9 Å². The molecule has 2 atom stereocenters. The summed E-state index contributed by atoms with van der Waals surface area (Å²) in [6, 6.07) is 0. The maximum atomic E-state index is 10.4. The highest BCUT2D eigenvalue weighted by molar-refractivity contribution is 5.90. The lowest BCUT2D eigenvalue weighted by Crippen LogP contribution is -2.41. The van der Waals surface area contributed by atoms with E-state index in [1.165, 1.54) is 13.8 Å². The average molecular weight is 156 g/mol. The van der Waals surface area contributed by atoms with Crippen molar-refractivity contribution < 1.29 is 19.8 Å². The highest BCUT2D eigenvalue weighted by Crippen LogP contribution is 2.62. The Kier molecular flexibility index (Phi) is 1.28. The van der Waals surface area contributed by atoms with Gasteiger partial charge in [0.05, 0.1) is 0 Å². The van der Waals surface area contributed by atoms with Crippen LogP contribution in [0.5, 0.6) is 0 Å². The largest absolute Gasteiger partial charge is 0.550 e. The van der Waals surface area contributed by atoms with Crippen LogP contribution in [0.3, 0.4) is 0 Å². The molecule has 0 aliphatic heterocycles. The Morgan fingerprint density at radius 2 is 1.36 bits per heavy atom. The Balaban J connectivity index is 2.87. The summed E-state index contributed by atoms with van der Waals surface area (Å²) < 4.78 is 0. The molecular formula is C7H8O4-2. The number of carbonyl (C=O) groups is 2. The van der Waals surface area contributed by atoms with Crippen LogP contribution in [0.1, 0.15) is 20.3 Å². The summed E-state index contributed by atoms with van der Waals surface area (Å²) in [5.41, 5.74) is -2.46. The van der Waals surface area contributed by atoms with Gasteiger partial charge in [0.25, 0.3) is 0 Å². The standard InChI is InChI=1S/C7H10O4/c1-6(4(8)9)3-7(6,2)5(10)11/h3H2,1-2H3,(H,8,9)(H,10,11)/p-2/t6-,7-/m0/s1. The molecule has 1 fully saturated rings. The smallest absolute Gasteiger partial charge is 0.0483 e. The molecular weight excluding hydrogens is 148 g/mol. The van der Waals surface area contributed by atoms with Gasteiger partial charge in [-0.05, 0) is 6.42 Å². The van der Waals surface area contributed by atoms with E-state index in [4.69, 9.17) is 0 Å². The molecule has 62 valence electrons. The molecule has 0 saturated heterocycles. The van der Waals surface area contributed by atoms with Crippen molar-refractivity contribution in [3.8, 4) is 0 Å². The number of hydrogen-bond acceptors (Lipinski definition) is 4. The minimum absolute atomic E-state index is 0.102. The molecule has 11 heavy (non-hydrogen) atoms. The summed E-state index contributed by atoms with van der Waals surface area (Å²) in [5, 5.41) is 20.8. The fourth-order valence-corrected chi connectivity index (χ4v) is 1.26. The van der Waals surface area contributed by atoms with Gasteiger partial charge in [0.15, 0.2) is 0 Å². The van der Waals surface area contributed by atoms with E-state index >= 15 is 0 Å². The summed E-state index contributed by atoms with van der Waals surface area (Å²) in [4.78, 5) is 20.8. The van der Waals surface area contributed by atoms with Gasteiger partial charge in [0, 0.05) is 22.8 Å². The second-order valence-electron chi connectivity index (χ2n) is 3.42. The summed E-state index contributed by atoms with van der Waals surface area (Å²) in [6.45, 7) is 2.72. The minimum Gasteiger partial charge on any atom is -0.550 e. The summed E-state index contributed by atoms with van der Waals surface area (Å²) in [6.07, 6.45) is 0.102. The van der Waals surface area contributed by atoms with Crippen molar-refractivity contribution >= 4 is 11.9 Å². The normalized spacial score (nSPS) is 41.6. The van der Waals surface area contributed by atoms with Gasteiger partial charge in [-0.1, -0.05) is 13.8 Å². The molecule has 1 aliphatic rings. The van der Waals surface area contributed by atoms with Crippen molar-refractivity contribution in [1.82, 2.24) is 0 Å². The van der Waals surface area contributed by atoms with Gasteiger partial charge in [0.1, 0.15) is 0 Å². The average Bonchev–Trinajstić information content (AvgIpc) is 2.39. The van der Waals surface area contributed by atoms with Crippen molar-refractivity contribution in [2.45, 2.75) is 20.3 Å². The second kappa shape index (κ2) is 1.75. The second-order valence-corrected chi connectivity index (χ2v) is 3.42. The molecule has 0 aromatic carbocycles. The van der Waals surface area contributed by atoms with Crippen molar-refractivity contribution in [2.24, 2.45) is 10.8 Å². The lowest BCUT2D eigenvalue weighted by molar-refractivity contribution is -0.325. The zero-order valence-corrected chi connectivity index (χ0v) is 6.34. The first kappa shape index (κ1) is 8.04. The zero-order valence-electron chi connectivity index (χ0n) is 6.34. The molecule has 0 N–H and O–H groups in total. The molecule has 1 rings (SSSR count). The van der Waals surface area contributed by atoms with Crippen LogP contribution in [0.15, 0.2) is 0 Å². The number of aliphatic carboxylic acids is 2. The van der Waals surface area contributed by atoms with Crippen LogP contribution < -0.4 is 10.2 Å². The number of hydrogen-bond donors (Lipinski definition) is 0. The molecule has 0 radical (unpaired) electrons. The Hall–Kier alpha value is -1.06. The van der Waals surface area contributed by atoms with E-state index in [9.17, 15) is 19.8 Å². The fraction of sp³-hybridized carbons (Fsp3) is 0.714.